The Balaban J connectivity index is 1.57. The van der Waals surface area contributed by atoms with Crippen molar-refractivity contribution in [2.75, 3.05) is 13.2 Å². The molecule has 0 aliphatic carbocycles. The summed E-state index contributed by atoms with van der Waals surface area (Å²) in [6, 6.07) is 3.94. The summed E-state index contributed by atoms with van der Waals surface area (Å²) in [5, 5.41) is 3.19. The van der Waals surface area contributed by atoms with Crippen LogP contribution in [0, 0.1) is 5.92 Å². The first-order chi connectivity index (χ1) is 11.4. The highest BCUT2D eigenvalue weighted by atomic mass is 19.4. The van der Waals surface area contributed by atoms with Crippen LogP contribution in [-0.4, -0.2) is 27.7 Å². The van der Waals surface area contributed by atoms with Crippen LogP contribution in [0.4, 0.5) is 13.2 Å². The van der Waals surface area contributed by atoms with Crippen LogP contribution in [0.1, 0.15) is 29.7 Å². The van der Waals surface area contributed by atoms with Gasteiger partial charge in [-0.05, 0) is 18.6 Å². The van der Waals surface area contributed by atoms with Crippen LogP contribution in [0.25, 0.3) is 0 Å². The van der Waals surface area contributed by atoms with Crippen molar-refractivity contribution in [2.45, 2.75) is 25.2 Å². The van der Waals surface area contributed by atoms with E-state index in [4.69, 9.17) is 4.74 Å². The average Bonchev–Trinajstić information content (AvgIpc) is 3.15. The second-order valence-corrected chi connectivity index (χ2v) is 5.88. The molecular formula is C16H19F3N4O. The Bertz CT molecular complexity index is 686. The average molecular weight is 340 g/mol. The SMILES string of the molecule is Cn1ccnc1[C@@H]1OCC[C@H]1CNCc1cccc(C(F)(F)F)n1. The van der Waals surface area contributed by atoms with Crippen LogP contribution in [0.2, 0.25) is 0 Å². The van der Waals surface area contributed by atoms with Crippen molar-refractivity contribution in [3.05, 3.63) is 47.8 Å². The van der Waals surface area contributed by atoms with Crippen LogP contribution < -0.4 is 5.32 Å². The van der Waals surface area contributed by atoms with Gasteiger partial charge in [-0.25, -0.2) is 9.97 Å². The van der Waals surface area contributed by atoms with Crippen LogP contribution in [0.5, 0.6) is 0 Å². The minimum atomic E-state index is -4.42. The highest BCUT2D eigenvalue weighted by molar-refractivity contribution is 5.13. The van der Waals surface area contributed by atoms with Gasteiger partial charge in [0.05, 0.1) is 5.69 Å². The van der Waals surface area contributed by atoms with Crippen LogP contribution >= 0.6 is 0 Å². The fourth-order valence-electron chi connectivity index (χ4n) is 2.90. The summed E-state index contributed by atoms with van der Waals surface area (Å²) in [6.07, 6.45) is -0.0201. The molecule has 1 saturated heterocycles. The van der Waals surface area contributed by atoms with E-state index in [2.05, 4.69) is 15.3 Å². The summed E-state index contributed by atoms with van der Waals surface area (Å²) >= 11 is 0. The predicted molar refractivity (Wildman–Crippen MR) is 81.0 cm³/mol. The summed E-state index contributed by atoms with van der Waals surface area (Å²) in [4.78, 5) is 7.98. The monoisotopic (exact) mass is 340 g/mol. The first kappa shape index (κ1) is 16.9. The minimum absolute atomic E-state index is 0.0908. The number of pyridine rings is 1. The molecule has 2 atom stereocenters. The maximum absolute atomic E-state index is 12.7. The van der Waals surface area contributed by atoms with Crippen molar-refractivity contribution >= 4 is 0 Å². The number of alkyl halides is 3. The number of hydrogen-bond acceptors (Lipinski definition) is 4. The molecule has 24 heavy (non-hydrogen) atoms. The Morgan fingerprint density at radius 2 is 2.21 bits per heavy atom. The summed E-state index contributed by atoms with van der Waals surface area (Å²) in [5.74, 6) is 1.10. The number of halogens is 3. The van der Waals surface area contributed by atoms with Crippen molar-refractivity contribution in [1.29, 1.82) is 0 Å². The summed E-state index contributed by atoms with van der Waals surface area (Å²) in [5.41, 5.74) is -0.492. The molecule has 1 fully saturated rings. The molecule has 0 saturated carbocycles. The Hall–Kier alpha value is -1.93. The van der Waals surface area contributed by atoms with Gasteiger partial charge in [0, 0.05) is 45.1 Å². The molecule has 2 aromatic rings. The Labute approximate surface area is 137 Å². The minimum Gasteiger partial charge on any atom is -0.370 e. The number of imidazole rings is 1. The van der Waals surface area contributed by atoms with Gasteiger partial charge in [0.1, 0.15) is 17.6 Å². The van der Waals surface area contributed by atoms with E-state index in [1.165, 1.54) is 6.07 Å². The van der Waals surface area contributed by atoms with Crippen LogP contribution in [0.3, 0.4) is 0 Å². The van der Waals surface area contributed by atoms with E-state index >= 15 is 0 Å². The van der Waals surface area contributed by atoms with E-state index in [9.17, 15) is 13.2 Å². The summed E-state index contributed by atoms with van der Waals surface area (Å²) in [7, 11) is 1.92. The molecule has 1 aliphatic rings. The third-order valence-electron chi connectivity index (χ3n) is 4.14. The van der Waals surface area contributed by atoms with Crippen LogP contribution in [-0.2, 0) is 24.5 Å². The topological polar surface area (TPSA) is 52.0 Å². The van der Waals surface area contributed by atoms with Crippen molar-refractivity contribution in [2.24, 2.45) is 13.0 Å². The zero-order valence-electron chi connectivity index (χ0n) is 13.3. The van der Waals surface area contributed by atoms with Crippen molar-refractivity contribution in [3.8, 4) is 0 Å². The number of nitrogens with zero attached hydrogens (tertiary/aromatic N) is 3. The fraction of sp³-hybridized carbons (Fsp3) is 0.500. The lowest BCUT2D eigenvalue weighted by atomic mass is 10.0. The van der Waals surface area contributed by atoms with Gasteiger partial charge in [-0.2, -0.15) is 13.2 Å². The molecular weight excluding hydrogens is 321 g/mol. The highest BCUT2D eigenvalue weighted by Gasteiger charge is 2.33. The number of nitrogens with one attached hydrogen (secondary N) is 1. The molecule has 3 rings (SSSR count). The maximum Gasteiger partial charge on any atom is 0.433 e. The fourth-order valence-corrected chi connectivity index (χ4v) is 2.90. The number of aryl methyl sites for hydroxylation is 1. The lowest BCUT2D eigenvalue weighted by Crippen LogP contribution is -2.26. The number of ether oxygens (including phenoxy) is 1. The van der Waals surface area contributed by atoms with Gasteiger partial charge in [-0.15, -0.1) is 0 Å². The lowest BCUT2D eigenvalue weighted by molar-refractivity contribution is -0.141. The number of aromatic nitrogens is 3. The van der Waals surface area contributed by atoms with Crippen molar-refractivity contribution in [1.82, 2.24) is 19.9 Å². The zero-order chi connectivity index (χ0) is 17.2. The first-order valence-electron chi connectivity index (χ1n) is 7.78. The Morgan fingerprint density at radius 3 is 2.92 bits per heavy atom. The van der Waals surface area contributed by atoms with Gasteiger partial charge in [0.25, 0.3) is 0 Å². The second kappa shape index (κ2) is 6.90. The van der Waals surface area contributed by atoms with Crippen LogP contribution in [0.15, 0.2) is 30.6 Å². The molecule has 130 valence electrons. The second-order valence-electron chi connectivity index (χ2n) is 5.88. The molecule has 0 radical (unpaired) electrons. The Kier molecular flexibility index (Phi) is 4.86. The molecule has 0 amide bonds. The van der Waals surface area contributed by atoms with Crippen molar-refractivity contribution in [3.63, 3.8) is 0 Å². The van der Waals surface area contributed by atoms with Gasteiger partial charge in [0.15, 0.2) is 0 Å². The number of hydrogen-bond donors (Lipinski definition) is 1. The summed E-state index contributed by atoms with van der Waals surface area (Å²) < 4.78 is 45.7. The molecule has 1 aliphatic heterocycles. The molecule has 0 unspecified atom stereocenters. The normalized spacial score (nSPS) is 21.3. The molecule has 5 nitrogen and oxygen atoms in total. The highest BCUT2D eigenvalue weighted by Crippen LogP contribution is 2.33. The molecule has 3 heterocycles. The smallest absolute Gasteiger partial charge is 0.370 e. The molecule has 1 N–H and O–H groups in total. The molecule has 0 aromatic carbocycles. The largest absolute Gasteiger partial charge is 0.433 e. The summed E-state index contributed by atoms with van der Waals surface area (Å²) in [6.45, 7) is 1.58. The Morgan fingerprint density at radius 1 is 1.38 bits per heavy atom. The van der Waals surface area contributed by atoms with Gasteiger partial charge < -0.3 is 14.6 Å². The molecule has 8 heteroatoms. The van der Waals surface area contributed by atoms with E-state index < -0.39 is 11.9 Å². The van der Waals surface area contributed by atoms with Gasteiger partial charge in [-0.3, -0.25) is 0 Å². The quantitative estimate of drug-likeness (QED) is 0.909. The molecule has 0 spiro atoms. The van der Waals surface area contributed by atoms with E-state index in [0.29, 0.717) is 18.8 Å². The maximum atomic E-state index is 12.7. The first-order valence-corrected chi connectivity index (χ1v) is 7.78. The predicted octanol–water partition coefficient (Wildman–Crippen LogP) is 2.70. The third kappa shape index (κ3) is 3.76. The van der Waals surface area contributed by atoms with Gasteiger partial charge >= 0.3 is 6.18 Å². The lowest BCUT2D eigenvalue weighted by Gasteiger charge is -2.18. The van der Waals surface area contributed by atoms with E-state index in [1.807, 2.05) is 17.8 Å². The third-order valence-corrected chi connectivity index (χ3v) is 4.14. The van der Waals surface area contributed by atoms with E-state index in [-0.39, 0.29) is 18.6 Å². The molecule has 2 aromatic heterocycles. The number of rotatable bonds is 5. The molecule has 0 bridgehead atoms. The van der Waals surface area contributed by atoms with Gasteiger partial charge in [-0.1, -0.05) is 6.07 Å². The standard InChI is InChI=1S/C16H19F3N4O/c1-23-7-6-21-15(23)14-11(5-8-24-14)9-20-10-12-3-2-4-13(22-12)16(17,18)19/h2-4,6-7,11,14,20H,5,8-10H2,1H3/t11-,14+/m0/s1. The van der Waals surface area contributed by atoms with Crippen molar-refractivity contribution < 1.29 is 17.9 Å². The zero-order valence-corrected chi connectivity index (χ0v) is 13.3. The van der Waals surface area contributed by atoms with E-state index in [1.54, 1.807) is 12.3 Å². The van der Waals surface area contributed by atoms with E-state index in [0.717, 1.165) is 18.3 Å². The van der Waals surface area contributed by atoms with Gasteiger partial charge in [0.2, 0.25) is 0 Å².